The summed E-state index contributed by atoms with van der Waals surface area (Å²) in [5.74, 6) is 0. The van der Waals surface area contributed by atoms with Gasteiger partial charge in [-0.15, -0.1) is 11.3 Å². The van der Waals surface area contributed by atoms with E-state index in [2.05, 4.69) is 29.5 Å². The van der Waals surface area contributed by atoms with Crippen molar-refractivity contribution in [2.75, 3.05) is 27.3 Å². The average molecular weight is 228 g/mol. The number of nitrogens with two attached hydrogens (primary N) is 1. The van der Waals surface area contributed by atoms with Crippen molar-refractivity contribution >= 4 is 11.3 Å². The summed E-state index contributed by atoms with van der Waals surface area (Å²) in [4.78, 5) is 3.57. The molecule has 86 valence electrons. The van der Waals surface area contributed by atoms with Gasteiger partial charge < -0.3 is 10.5 Å². The zero-order valence-electron chi connectivity index (χ0n) is 9.64. The molecule has 0 bridgehead atoms. The first kappa shape index (κ1) is 12.6. The molecule has 1 aromatic heterocycles. The lowest BCUT2D eigenvalue weighted by Gasteiger charge is -2.30. The largest absolute Gasteiger partial charge is 0.383 e. The second-order valence-electron chi connectivity index (χ2n) is 3.79. The zero-order valence-corrected chi connectivity index (χ0v) is 10.5. The molecule has 0 saturated heterocycles. The van der Waals surface area contributed by atoms with Gasteiger partial charge in [-0.05, 0) is 25.4 Å². The van der Waals surface area contributed by atoms with E-state index in [0.29, 0.717) is 6.04 Å². The van der Waals surface area contributed by atoms with Gasteiger partial charge in [0.05, 0.1) is 12.6 Å². The average Bonchev–Trinajstić information content (AvgIpc) is 2.67. The number of likely N-dealkylation sites (N-methyl/N-ethyl adjacent to an activating group) is 1. The monoisotopic (exact) mass is 228 g/mol. The van der Waals surface area contributed by atoms with Gasteiger partial charge in [-0.1, -0.05) is 6.07 Å². The summed E-state index contributed by atoms with van der Waals surface area (Å²) in [6, 6.07) is 4.63. The first-order chi connectivity index (χ1) is 7.16. The van der Waals surface area contributed by atoms with Gasteiger partial charge in [-0.3, -0.25) is 4.90 Å². The minimum Gasteiger partial charge on any atom is -0.383 e. The Balaban J connectivity index is 2.66. The van der Waals surface area contributed by atoms with Crippen LogP contribution in [0.3, 0.4) is 0 Å². The fourth-order valence-corrected chi connectivity index (χ4v) is 2.72. The van der Waals surface area contributed by atoms with Crippen LogP contribution in [0.15, 0.2) is 17.5 Å². The van der Waals surface area contributed by atoms with Crippen LogP contribution in [0.25, 0.3) is 0 Å². The fourth-order valence-electron chi connectivity index (χ4n) is 1.71. The summed E-state index contributed by atoms with van der Waals surface area (Å²) < 4.78 is 5.08. The highest BCUT2D eigenvalue weighted by atomic mass is 32.1. The maximum Gasteiger partial charge on any atom is 0.0589 e. The van der Waals surface area contributed by atoms with E-state index < -0.39 is 0 Å². The molecule has 0 saturated carbocycles. The van der Waals surface area contributed by atoms with E-state index >= 15 is 0 Å². The van der Waals surface area contributed by atoms with Crippen LogP contribution in [0, 0.1) is 0 Å². The predicted molar refractivity (Wildman–Crippen MR) is 65.2 cm³/mol. The molecule has 2 atom stereocenters. The predicted octanol–water partition coefficient (Wildman–Crippen LogP) is 1.71. The lowest BCUT2D eigenvalue weighted by molar-refractivity contribution is 0.132. The van der Waals surface area contributed by atoms with E-state index in [1.165, 1.54) is 4.88 Å². The molecular formula is C11H20N2OS. The summed E-state index contributed by atoms with van der Waals surface area (Å²) in [5.41, 5.74) is 6.02. The first-order valence-corrected chi connectivity index (χ1v) is 6.03. The SMILES string of the molecule is COCCN(C)C(c1cccs1)C(C)N. The first-order valence-electron chi connectivity index (χ1n) is 5.15. The fraction of sp³-hybridized carbons (Fsp3) is 0.636. The number of rotatable bonds is 6. The number of hydrogen-bond acceptors (Lipinski definition) is 4. The minimum absolute atomic E-state index is 0.130. The van der Waals surface area contributed by atoms with Gasteiger partial charge in [-0.2, -0.15) is 0 Å². The number of methoxy groups -OCH3 is 1. The summed E-state index contributed by atoms with van der Waals surface area (Å²) in [7, 11) is 3.81. The Morgan fingerprint density at radius 3 is 2.80 bits per heavy atom. The van der Waals surface area contributed by atoms with Crippen LogP contribution < -0.4 is 5.73 Å². The van der Waals surface area contributed by atoms with Crippen molar-refractivity contribution in [3.05, 3.63) is 22.4 Å². The molecule has 4 heteroatoms. The molecule has 15 heavy (non-hydrogen) atoms. The molecular weight excluding hydrogens is 208 g/mol. The Hall–Kier alpha value is -0.420. The number of thiophene rings is 1. The lowest BCUT2D eigenvalue weighted by atomic mass is 10.1. The normalized spacial score (nSPS) is 15.5. The van der Waals surface area contributed by atoms with Crippen molar-refractivity contribution < 1.29 is 4.74 Å². The quantitative estimate of drug-likeness (QED) is 0.805. The molecule has 3 nitrogen and oxygen atoms in total. The molecule has 1 heterocycles. The molecule has 0 spiro atoms. The summed E-state index contributed by atoms with van der Waals surface area (Å²) in [6.07, 6.45) is 0. The van der Waals surface area contributed by atoms with E-state index in [4.69, 9.17) is 10.5 Å². The Kier molecular flexibility index (Phi) is 5.25. The van der Waals surface area contributed by atoms with Crippen LogP contribution in [-0.4, -0.2) is 38.3 Å². The molecule has 0 aliphatic rings. The van der Waals surface area contributed by atoms with E-state index in [1.807, 2.05) is 6.92 Å². The summed E-state index contributed by atoms with van der Waals surface area (Å²) >= 11 is 1.76. The Labute approximate surface area is 95.8 Å². The third kappa shape index (κ3) is 3.57. The van der Waals surface area contributed by atoms with Crippen LogP contribution in [-0.2, 0) is 4.74 Å². The highest BCUT2D eigenvalue weighted by Crippen LogP contribution is 2.25. The van der Waals surface area contributed by atoms with Gasteiger partial charge in [0.15, 0.2) is 0 Å². The Morgan fingerprint density at radius 2 is 2.33 bits per heavy atom. The zero-order chi connectivity index (χ0) is 11.3. The molecule has 0 aliphatic carbocycles. The summed E-state index contributed by atoms with van der Waals surface area (Å²) in [6.45, 7) is 3.69. The highest BCUT2D eigenvalue weighted by Gasteiger charge is 2.21. The van der Waals surface area contributed by atoms with E-state index in [1.54, 1.807) is 18.4 Å². The van der Waals surface area contributed by atoms with Crippen molar-refractivity contribution in [2.45, 2.75) is 19.0 Å². The van der Waals surface area contributed by atoms with Crippen molar-refractivity contribution in [1.29, 1.82) is 0 Å². The second kappa shape index (κ2) is 6.23. The molecule has 0 aliphatic heterocycles. The van der Waals surface area contributed by atoms with Crippen LogP contribution in [0.1, 0.15) is 17.8 Å². The molecule has 2 unspecified atom stereocenters. The topological polar surface area (TPSA) is 38.5 Å². The number of nitrogens with zero attached hydrogens (tertiary/aromatic N) is 1. The molecule has 0 aromatic carbocycles. The molecule has 2 N–H and O–H groups in total. The number of hydrogen-bond donors (Lipinski definition) is 1. The maximum atomic E-state index is 6.02. The smallest absolute Gasteiger partial charge is 0.0589 e. The minimum atomic E-state index is 0.130. The van der Waals surface area contributed by atoms with Gasteiger partial charge in [0.25, 0.3) is 0 Å². The Morgan fingerprint density at radius 1 is 1.60 bits per heavy atom. The number of ether oxygens (including phenoxy) is 1. The van der Waals surface area contributed by atoms with Crippen LogP contribution >= 0.6 is 11.3 Å². The van der Waals surface area contributed by atoms with Crippen molar-refractivity contribution in [2.24, 2.45) is 5.73 Å². The van der Waals surface area contributed by atoms with E-state index in [0.717, 1.165) is 13.2 Å². The van der Waals surface area contributed by atoms with Gasteiger partial charge >= 0.3 is 0 Å². The molecule has 1 aromatic rings. The molecule has 0 fully saturated rings. The van der Waals surface area contributed by atoms with Gasteiger partial charge in [0.1, 0.15) is 0 Å². The standard InChI is InChI=1S/C11H20N2OS/c1-9(12)11(10-5-4-8-15-10)13(2)6-7-14-3/h4-5,8-9,11H,6-7,12H2,1-3H3. The Bertz CT molecular complexity index is 262. The molecule has 1 rings (SSSR count). The molecule has 0 amide bonds. The van der Waals surface area contributed by atoms with Crippen LogP contribution in [0.4, 0.5) is 0 Å². The third-order valence-corrected chi connectivity index (χ3v) is 3.40. The van der Waals surface area contributed by atoms with E-state index in [-0.39, 0.29) is 6.04 Å². The van der Waals surface area contributed by atoms with Gasteiger partial charge in [0.2, 0.25) is 0 Å². The van der Waals surface area contributed by atoms with Gasteiger partial charge in [0, 0.05) is 24.6 Å². The second-order valence-corrected chi connectivity index (χ2v) is 4.77. The third-order valence-electron chi connectivity index (χ3n) is 2.46. The van der Waals surface area contributed by atoms with Crippen molar-refractivity contribution in [3.63, 3.8) is 0 Å². The highest BCUT2D eigenvalue weighted by molar-refractivity contribution is 7.10. The summed E-state index contributed by atoms with van der Waals surface area (Å²) in [5, 5.41) is 2.09. The van der Waals surface area contributed by atoms with Crippen LogP contribution in [0.2, 0.25) is 0 Å². The maximum absolute atomic E-state index is 6.02. The lowest BCUT2D eigenvalue weighted by Crippen LogP contribution is -2.38. The van der Waals surface area contributed by atoms with Crippen LogP contribution in [0.5, 0.6) is 0 Å². The van der Waals surface area contributed by atoms with E-state index in [9.17, 15) is 0 Å². The van der Waals surface area contributed by atoms with Gasteiger partial charge in [-0.25, -0.2) is 0 Å². The molecule has 0 radical (unpaired) electrons. The van der Waals surface area contributed by atoms with Crippen molar-refractivity contribution in [3.8, 4) is 0 Å². The van der Waals surface area contributed by atoms with Crippen molar-refractivity contribution in [1.82, 2.24) is 4.90 Å².